The molecule has 1 heterocycles. The second-order valence-corrected chi connectivity index (χ2v) is 5.20. The minimum atomic E-state index is -0.336. The van der Waals surface area contributed by atoms with Crippen molar-refractivity contribution >= 4 is 15.9 Å². The van der Waals surface area contributed by atoms with Gasteiger partial charge in [0.2, 0.25) is 0 Å². The molecule has 2 aromatic rings. The van der Waals surface area contributed by atoms with Gasteiger partial charge in [0, 0.05) is 17.1 Å². The molecule has 0 spiro atoms. The van der Waals surface area contributed by atoms with E-state index < -0.39 is 0 Å². The van der Waals surface area contributed by atoms with Gasteiger partial charge in [-0.3, -0.25) is 0 Å². The molecule has 0 aliphatic rings. The summed E-state index contributed by atoms with van der Waals surface area (Å²) in [6, 6.07) is 5.21. The molecule has 0 fully saturated rings. The van der Waals surface area contributed by atoms with Crippen molar-refractivity contribution < 1.29 is 4.39 Å². The van der Waals surface area contributed by atoms with E-state index in [1.54, 1.807) is 18.3 Å². The lowest BCUT2D eigenvalue weighted by Gasteiger charge is -2.04. The first-order chi connectivity index (χ1) is 8.56. The zero-order chi connectivity index (χ0) is 13.1. The molecule has 1 N–H and O–H groups in total. The maximum absolute atomic E-state index is 13.7. The molecule has 0 saturated heterocycles. The van der Waals surface area contributed by atoms with Crippen LogP contribution >= 0.6 is 15.9 Å². The first kappa shape index (κ1) is 13.2. The Kier molecular flexibility index (Phi) is 4.08. The van der Waals surface area contributed by atoms with E-state index in [-0.39, 0.29) is 5.82 Å². The summed E-state index contributed by atoms with van der Waals surface area (Å²) in [5.74, 6) is -0.336. The number of nitrogens with one attached hydrogen (secondary N) is 1. The van der Waals surface area contributed by atoms with Crippen LogP contribution in [-0.2, 0) is 6.54 Å². The molecule has 0 amide bonds. The van der Waals surface area contributed by atoms with Gasteiger partial charge in [0.05, 0.1) is 11.9 Å². The fourth-order valence-corrected chi connectivity index (χ4v) is 1.81. The average molecular weight is 313 g/mol. The Hall–Kier alpha value is -1.27. The molecule has 1 aromatic heterocycles. The molecule has 6 heteroatoms. The van der Waals surface area contributed by atoms with E-state index >= 15 is 0 Å². The highest BCUT2D eigenvalue weighted by Gasteiger charge is 2.08. The number of halogens is 2. The summed E-state index contributed by atoms with van der Waals surface area (Å²) >= 11 is 3.22. The number of benzene rings is 1. The van der Waals surface area contributed by atoms with Gasteiger partial charge in [0.25, 0.3) is 0 Å². The van der Waals surface area contributed by atoms with Crippen molar-refractivity contribution in [3.8, 4) is 5.69 Å². The summed E-state index contributed by atoms with van der Waals surface area (Å²) in [6.07, 6.45) is 1.72. The molecule has 0 aliphatic heterocycles. The zero-order valence-electron chi connectivity index (χ0n) is 10.2. The molecule has 0 bridgehead atoms. The Morgan fingerprint density at radius 2 is 2.22 bits per heavy atom. The summed E-state index contributed by atoms with van der Waals surface area (Å²) in [6.45, 7) is 4.73. The van der Waals surface area contributed by atoms with Crippen molar-refractivity contribution in [2.75, 3.05) is 0 Å². The van der Waals surface area contributed by atoms with Crippen molar-refractivity contribution in [3.63, 3.8) is 0 Å². The Balaban J connectivity index is 2.18. The topological polar surface area (TPSA) is 42.7 Å². The Morgan fingerprint density at radius 1 is 1.44 bits per heavy atom. The minimum Gasteiger partial charge on any atom is -0.309 e. The SMILES string of the molecule is CC(C)NCc1cn(-c2ccc(Br)cc2F)nn1. The van der Waals surface area contributed by atoms with Crippen molar-refractivity contribution in [3.05, 3.63) is 40.4 Å². The van der Waals surface area contributed by atoms with Gasteiger partial charge in [0.1, 0.15) is 11.5 Å². The zero-order valence-corrected chi connectivity index (χ0v) is 11.8. The summed E-state index contributed by atoms with van der Waals surface area (Å²) in [5.41, 5.74) is 1.17. The van der Waals surface area contributed by atoms with Crippen LogP contribution in [0.1, 0.15) is 19.5 Å². The Bertz CT molecular complexity index is 539. The van der Waals surface area contributed by atoms with Crippen LogP contribution in [0.25, 0.3) is 5.69 Å². The lowest BCUT2D eigenvalue weighted by Crippen LogP contribution is -2.21. The maximum Gasteiger partial charge on any atom is 0.150 e. The molecular formula is C12H14BrFN4. The van der Waals surface area contributed by atoms with E-state index in [1.165, 1.54) is 10.7 Å². The molecule has 0 atom stereocenters. The highest BCUT2D eigenvalue weighted by molar-refractivity contribution is 9.10. The molecule has 0 saturated carbocycles. The van der Waals surface area contributed by atoms with Crippen molar-refractivity contribution in [2.45, 2.75) is 26.4 Å². The molecule has 2 rings (SSSR count). The molecule has 0 unspecified atom stereocenters. The van der Waals surface area contributed by atoms with Crippen LogP contribution in [0.15, 0.2) is 28.9 Å². The predicted molar refractivity (Wildman–Crippen MR) is 71.0 cm³/mol. The van der Waals surface area contributed by atoms with E-state index in [0.717, 1.165) is 5.69 Å². The normalized spacial score (nSPS) is 11.2. The van der Waals surface area contributed by atoms with Gasteiger partial charge in [-0.2, -0.15) is 0 Å². The molecule has 18 heavy (non-hydrogen) atoms. The van der Waals surface area contributed by atoms with Gasteiger partial charge in [-0.25, -0.2) is 9.07 Å². The van der Waals surface area contributed by atoms with Crippen molar-refractivity contribution in [1.82, 2.24) is 20.3 Å². The number of rotatable bonds is 4. The largest absolute Gasteiger partial charge is 0.309 e. The van der Waals surface area contributed by atoms with Crippen LogP contribution in [-0.4, -0.2) is 21.0 Å². The Labute approximate surface area is 113 Å². The lowest BCUT2D eigenvalue weighted by atomic mass is 10.3. The summed E-state index contributed by atoms with van der Waals surface area (Å²) in [4.78, 5) is 0. The van der Waals surface area contributed by atoms with Crippen LogP contribution in [0, 0.1) is 5.82 Å². The number of nitrogens with zero attached hydrogens (tertiary/aromatic N) is 3. The average Bonchev–Trinajstić information content (AvgIpc) is 2.75. The standard InChI is InChI=1S/C12H14BrFN4/c1-8(2)15-6-10-7-18(17-16-10)12-4-3-9(13)5-11(12)14/h3-5,7-8,15H,6H2,1-2H3. The van der Waals surface area contributed by atoms with Crippen LogP contribution < -0.4 is 5.32 Å². The van der Waals surface area contributed by atoms with Gasteiger partial charge in [0.15, 0.2) is 0 Å². The fraction of sp³-hybridized carbons (Fsp3) is 0.333. The second kappa shape index (κ2) is 5.58. The predicted octanol–water partition coefficient (Wildman–Crippen LogP) is 2.67. The van der Waals surface area contributed by atoms with E-state index in [9.17, 15) is 4.39 Å². The number of aromatic nitrogens is 3. The smallest absolute Gasteiger partial charge is 0.150 e. The van der Waals surface area contributed by atoms with Crippen LogP contribution in [0.5, 0.6) is 0 Å². The number of hydrogen-bond donors (Lipinski definition) is 1. The highest BCUT2D eigenvalue weighted by Crippen LogP contribution is 2.18. The van der Waals surface area contributed by atoms with E-state index in [1.807, 2.05) is 0 Å². The first-order valence-electron chi connectivity index (χ1n) is 5.66. The lowest BCUT2D eigenvalue weighted by molar-refractivity contribution is 0.580. The van der Waals surface area contributed by atoms with Crippen molar-refractivity contribution in [1.29, 1.82) is 0 Å². The quantitative estimate of drug-likeness (QED) is 0.944. The molecule has 1 aromatic carbocycles. The second-order valence-electron chi connectivity index (χ2n) is 4.29. The van der Waals surface area contributed by atoms with Crippen molar-refractivity contribution in [2.24, 2.45) is 0 Å². The fourth-order valence-electron chi connectivity index (χ4n) is 1.47. The highest BCUT2D eigenvalue weighted by atomic mass is 79.9. The van der Waals surface area contributed by atoms with Gasteiger partial charge >= 0.3 is 0 Å². The minimum absolute atomic E-state index is 0.336. The van der Waals surface area contributed by atoms with Crippen LogP contribution in [0.4, 0.5) is 4.39 Å². The van der Waals surface area contributed by atoms with E-state index in [2.05, 4.69) is 45.4 Å². The van der Waals surface area contributed by atoms with Gasteiger partial charge in [-0.05, 0) is 18.2 Å². The number of hydrogen-bond acceptors (Lipinski definition) is 3. The van der Waals surface area contributed by atoms with Gasteiger partial charge in [-0.1, -0.05) is 35.0 Å². The monoisotopic (exact) mass is 312 g/mol. The Morgan fingerprint density at radius 3 is 2.89 bits per heavy atom. The van der Waals surface area contributed by atoms with E-state index in [4.69, 9.17) is 0 Å². The third-order valence-electron chi connectivity index (χ3n) is 2.39. The molecular weight excluding hydrogens is 299 g/mol. The molecule has 4 nitrogen and oxygen atoms in total. The molecule has 96 valence electrons. The maximum atomic E-state index is 13.7. The van der Waals surface area contributed by atoms with E-state index in [0.29, 0.717) is 22.7 Å². The van der Waals surface area contributed by atoms with Crippen LogP contribution in [0.2, 0.25) is 0 Å². The van der Waals surface area contributed by atoms with Crippen LogP contribution in [0.3, 0.4) is 0 Å². The summed E-state index contributed by atoms with van der Waals surface area (Å²) in [5, 5.41) is 11.2. The third-order valence-corrected chi connectivity index (χ3v) is 2.88. The van der Waals surface area contributed by atoms with Gasteiger partial charge in [-0.15, -0.1) is 5.10 Å². The molecule has 0 aliphatic carbocycles. The first-order valence-corrected chi connectivity index (χ1v) is 6.45. The summed E-state index contributed by atoms with van der Waals surface area (Å²) in [7, 11) is 0. The third kappa shape index (κ3) is 3.14. The summed E-state index contributed by atoms with van der Waals surface area (Å²) < 4.78 is 15.9. The van der Waals surface area contributed by atoms with Gasteiger partial charge < -0.3 is 5.32 Å². The molecule has 0 radical (unpaired) electrons.